The Morgan fingerprint density at radius 3 is 2.68 bits per heavy atom. The second kappa shape index (κ2) is 8.34. The molecule has 1 aliphatic rings. The van der Waals surface area contributed by atoms with E-state index < -0.39 is 0 Å². The van der Waals surface area contributed by atoms with Crippen molar-refractivity contribution in [2.24, 2.45) is 12.8 Å². The van der Waals surface area contributed by atoms with Gasteiger partial charge in [0.2, 0.25) is 5.95 Å². The number of piperidine rings is 1. The first-order chi connectivity index (χ1) is 13.3. The molecular weight excluding hydrogens is 356 g/mol. The molecular formula is C20H32N6O2. The van der Waals surface area contributed by atoms with Crippen LogP contribution in [0.2, 0.25) is 0 Å². The molecule has 2 aromatic heterocycles. The van der Waals surface area contributed by atoms with Gasteiger partial charge in [-0.1, -0.05) is 25.0 Å². The minimum absolute atomic E-state index is 0.0931. The van der Waals surface area contributed by atoms with Crippen LogP contribution in [0.3, 0.4) is 0 Å². The summed E-state index contributed by atoms with van der Waals surface area (Å²) in [5, 5.41) is 0. The summed E-state index contributed by atoms with van der Waals surface area (Å²) >= 11 is 0. The second-order valence-corrected chi connectivity index (χ2v) is 7.98. The van der Waals surface area contributed by atoms with E-state index >= 15 is 0 Å². The highest BCUT2D eigenvalue weighted by Crippen LogP contribution is 2.23. The number of allylic oxidation sites excluding steroid dienone is 2. The normalized spacial score (nSPS) is 17.3. The maximum absolute atomic E-state index is 13.0. The van der Waals surface area contributed by atoms with Gasteiger partial charge in [0.25, 0.3) is 5.56 Å². The number of nitrogens with two attached hydrogens (primary N) is 1. The summed E-state index contributed by atoms with van der Waals surface area (Å²) in [4.78, 5) is 32.8. The molecule has 1 atom stereocenters. The first-order valence-corrected chi connectivity index (χ1v) is 10.2. The zero-order valence-corrected chi connectivity index (χ0v) is 17.4. The van der Waals surface area contributed by atoms with Gasteiger partial charge in [0.1, 0.15) is 0 Å². The standard InChI is InChI=1S/C20H32N6O2/c1-5-6-11-26-17-16(18(27)23(4)20(26)28)25(12-9-14(2)3)19(22-17)24-10-7-8-15(21)13-24/h9,15H,5-8,10-13,21H2,1-4H3. The molecule has 28 heavy (non-hydrogen) atoms. The van der Waals surface area contributed by atoms with Crippen molar-refractivity contribution in [3.8, 4) is 0 Å². The molecule has 1 aliphatic heterocycles. The maximum atomic E-state index is 13.0. The van der Waals surface area contributed by atoms with E-state index in [1.165, 1.54) is 10.1 Å². The van der Waals surface area contributed by atoms with E-state index in [2.05, 4.69) is 17.9 Å². The fraction of sp³-hybridized carbons (Fsp3) is 0.650. The van der Waals surface area contributed by atoms with Gasteiger partial charge in [-0.3, -0.25) is 13.9 Å². The molecule has 1 unspecified atom stereocenters. The van der Waals surface area contributed by atoms with Gasteiger partial charge in [0, 0.05) is 39.3 Å². The minimum Gasteiger partial charge on any atom is -0.341 e. The summed E-state index contributed by atoms with van der Waals surface area (Å²) in [7, 11) is 1.54. The fourth-order valence-electron chi connectivity index (χ4n) is 3.74. The highest BCUT2D eigenvalue weighted by atomic mass is 16.2. The van der Waals surface area contributed by atoms with Gasteiger partial charge in [-0.15, -0.1) is 0 Å². The lowest BCUT2D eigenvalue weighted by Gasteiger charge is -2.31. The number of aromatic nitrogens is 4. The van der Waals surface area contributed by atoms with Crippen LogP contribution in [0.15, 0.2) is 21.2 Å². The summed E-state index contributed by atoms with van der Waals surface area (Å²) in [6, 6.07) is 0.0931. The molecule has 0 aliphatic carbocycles. The lowest BCUT2D eigenvalue weighted by atomic mass is 10.1. The van der Waals surface area contributed by atoms with Crippen LogP contribution in [0, 0.1) is 0 Å². The van der Waals surface area contributed by atoms with Crippen molar-refractivity contribution in [1.29, 1.82) is 0 Å². The molecule has 1 fully saturated rings. The van der Waals surface area contributed by atoms with Gasteiger partial charge in [-0.25, -0.2) is 4.79 Å². The van der Waals surface area contributed by atoms with Crippen molar-refractivity contribution < 1.29 is 0 Å². The topological polar surface area (TPSA) is 91.1 Å². The van der Waals surface area contributed by atoms with Crippen molar-refractivity contribution in [2.75, 3.05) is 18.0 Å². The molecule has 2 N–H and O–H groups in total. The van der Waals surface area contributed by atoms with Crippen LogP contribution in [0.25, 0.3) is 11.2 Å². The van der Waals surface area contributed by atoms with E-state index in [0.717, 1.165) is 38.2 Å². The van der Waals surface area contributed by atoms with E-state index in [4.69, 9.17) is 10.7 Å². The Balaban J connectivity index is 2.28. The zero-order valence-electron chi connectivity index (χ0n) is 17.4. The Morgan fingerprint density at radius 1 is 1.29 bits per heavy atom. The summed E-state index contributed by atoms with van der Waals surface area (Å²) in [5.74, 6) is 0.732. The smallest absolute Gasteiger partial charge is 0.332 e. The number of fused-ring (bicyclic) bond motifs is 1. The molecule has 3 rings (SSSR count). The number of hydrogen-bond donors (Lipinski definition) is 1. The van der Waals surface area contributed by atoms with Crippen LogP contribution >= 0.6 is 0 Å². The molecule has 0 saturated carbocycles. The Morgan fingerprint density at radius 2 is 2.04 bits per heavy atom. The number of aryl methyl sites for hydroxylation is 1. The highest BCUT2D eigenvalue weighted by Gasteiger charge is 2.26. The average Bonchev–Trinajstić information content (AvgIpc) is 3.04. The lowest BCUT2D eigenvalue weighted by molar-refractivity contribution is 0.495. The monoisotopic (exact) mass is 388 g/mol. The Bertz CT molecular complexity index is 993. The van der Waals surface area contributed by atoms with Crippen molar-refractivity contribution >= 4 is 17.1 Å². The van der Waals surface area contributed by atoms with E-state index in [0.29, 0.717) is 30.8 Å². The average molecular weight is 389 g/mol. The second-order valence-electron chi connectivity index (χ2n) is 7.98. The maximum Gasteiger partial charge on any atom is 0.332 e. The molecule has 0 spiro atoms. The SMILES string of the molecule is CCCCn1c(=O)n(C)c(=O)c2c1nc(N1CCCC(N)C1)n2CC=C(C)C. The number of hydrogen-bond acceptors (Lipinski definition) is 5. The van der Waals surface area contributed by atoms with Gasteiger partial charge in [0.15, 0.2) is 11.2 Å². The molecule has 1 saturated heterocycles. The van der Waals surface area contributed by atoms with E-state index in [9.17, 15) is 9.59 Å². The van der Waals surface area contributed by atoms with Crippen LogP contribution in [0.5, 0.6) is 0 Å². The van der Waals surface area contributed by atoms with Crippen molar-refractivity contribution in [1.82, 2.24) is 18.7 Å². The highest BCUT2D eigenvalue weighted by molar-refractivity contribution is 5.75. The number of imidazole rings is 1. The minimum atomic E-state index is -0.306. The largest absolute Gasteiger partial charge is 0.341 e. The Hall–Kier alpha value is -2.35. The first kappa shape index (κ1) is 20.4. The molecule has 8 heteroatoms. The lowest BCUT2D eigenvalue weighted by Crippen LogP contribution is -2.44. The molecule has 154 valence electrons. The molecule has 2 aromatic rings. The van der Waals surface area contributed by atoms with Crippen LogP contribution in [0.1, 0.15) is 46.5 Å². The van der Waals surface area contributed by atoms with Gasteiger partial charge < -0.3 is 15.2 Å². The third-order valence-corrected chi connectivity index (χ3v) is 5.37. The van der Waals surface area contributed by atoms with Crippen LogP contribution < -0.4 is 21.9 Å². The van der Waals surface area contributed by atoms with Crippen LogP contribution in [-0.2, 0) is 20.1 Å². The Kier molecular flexibility index (Phi) is 6.07. The van der Waals surface area contributed by atoms with Gasteiger partial charge >= 0.3 is 5.69 Å². The van der Waals surface area contributed by atoms with Crippen molar-refractivity contribution in [3.05, 3.63) is 32.5 Å². The molecule has 0 bridgehead atoms. The van der Waals surface area contributed by atoms with Gasteiger partial charge in [0.05, 0.1) is 0 Å². The van der Waals surface area contributed by atoms with Crippen LogP contribution in [0.4, 0.5) is 5.95 Å². The van der Waals surface area contributed by atoms with Crippen molar-refractivity contribution in [3.63, 3.8) is 0 Å². The van der Waals surface area contributed by atoms with Crippen LogP contribution in [-0.4, -0.2) is 37.8 Å². The molecule has 8 nitrogen and oxygen atoms in total. The quantitative estimate of drug-likeness (QED) is 0.759. The van der Waals surface area contributed by atoms with E-state index in [-0.39, 0.29) is 17.3 Å². The van der Waals surface area contributed by atoms with Gasteiger partial charge in [-0.05, 0) is 33.1 Å². The first-order valence-electron chi connectivity index (χ1n) is 10.2. The number of nitrogens with zero attached hydrogens (tertiary/aromatic N) is 5. The predicted octanol–water partition coefficient (Wildman–Crippen LogP) is 1.59. The summed E-state index contributed by atoms with van der Waals surface area (Å²) in [6.45, 7) is 8.80. The van der Waals surface area contributed by atoms with Crippen molar-refractivity contribution in [2.45, 2.75) is 65.6 Å². The summed E-state index contributed by atoms with van der Waals surface area (Å²) in [5.41, 5.74) is 7.73. The molecule has 0 aromatic carbocycles. The van der Waals surface area contributed by atoms with E-state index in [1.807, 2.05) is 18.4 Å². The summed E-state index contributed by atoms with van der Waals surface area (Å²) in [6.07, 6.45) is 5.89. The predicted molar refractivity (Wildman–Crippen MR) is 113 cm³/mol. The third kappa shape index (κ3) is 3.78. The Labute approximate surface area is 165 Å². The molecule has 3 heterocycles. The number of anilines is 1. The molecule has 0 radical (unpaired) electrons. The summed E-state index contributed by atoms with van der Waals surface area (Å²) < 4.78 is 4.79. The third-order valence-electron chi connectivity index (χ3n) is 5.37. The van der Waals surface area contributed by atoms with Gasteiger partial charge in [-0.2, -0.15) is 4.98 Å². The number of rotatable bonds is 6. The fourth-order valence-corrected chi connectivity index (χ4v) is 3.74. The van der Waals surface area contributed by atoms with E-state index in [1.54, 1.807) is 11.6 Å². The zero-order chi connectivity index (χ0) is 20.4. The molecule has 0 amide bonds. The number of unbranched alkanes of at least 4 members (excludes halogenated alkanes) is 1.